The Balaban J connectivity index is 1.51. The van der Waals surface area contributed by atoms with Crippen LogP contribution in [0, 0.1) is 0 Å². The van der Waals surface area contributed by atoms with Gasteiger partial charge in [0.1, 0.15) is 0 Å². The molecule has 4 rings (SSSR count). The predicted molar refractivity (Wildman–Crippen MR) is 111 cm³/mol. The van der Waals surface area contributed by atoms with E-state index in [1.54, 1.807) is 0 Å². The zero-order valence-corrected chi connectivity index (χ0v) is 16.3. The Labute approximate surface area is 164 Å². The van der Waals surface area contributed by atoms with Gasteiger partial charge >= 0.3 is 0 Å². The van der Waals surface area contributed by atoms with Crippen molar-refractivity contribution in [2.45, 2.75) is 25.4 Å². The van der Waals surface area contributed by atoms with E-state index in [1.165, 1.54) is 16.0 Å². The maximum Gasteiger partial charge on any atom is 0.234 e. The van der Waals surface area contributed by atoms with E-state index in [0.717, 1.165) is 18.5 Å². The van der Waals surface area contributed by atoms with E-state index in [4.69, 9.17) is 0 Å². The van der Waals surface area contributed by atoms with E-state index in [0.29, 0.717) is 6.54 Å². The molecular weight excluding hydrogens is 352 g/mol. The van der Waals surface area contributed by atoms with Crippen LogP contribution in [-0.4, -0.2) is 23.9 Å². The molecule has 2 heterocycles. The van der Waals surface area contributed by atoms with E-state index >= 15 is 0 Å². The van der Waals surface area contributed by atoms with Crippen LogP contribution in [0.1, 0.15) is 40.6 Å². The molecular formula is C23H24N2OS. The van der Waals surface area contributed by atoms with Gasteiger partial charge in [-0.15, -0.1) is 11.3 Å². The quantitative estimate of drug-likeness (QED) is 0.707. The number of hydrogen-bond acceptors (Lipinski definition) is 3. The minimum absolute atomic E-state index is 0.00961. The maximum atomic E-state index is 12.8. The largest absolute Gasteiger partial charge is 0.348 e. The van der Waals surface area contributed by atoms with Gasteiger partial charge in [0.05, 0.1) is 18.6 Å². The second-order valence-electron chi connectivity index (χ2n) is 7.03. The second-order valence-corrected chi connectivity index (χ2v) is 8.03. The summed E-state index contributed by atoms with van der Waals surface area (Å²) in [6, 6.07) is 23.0. The molecule has 3 aromatic rings. The molecule has 0 aliphatic carbocycles. The van der Waals surface area contributed by atoms with Crippen molar-refractivity contribution in [2.75, 3.05) is 13.1 Å². The first kappa shape index (κ1) is 18.0. The van der Waals surface area contributed by atoms with Crippen molar-refractivity contribution in [3.8, 4) is 0 Å². The minimum Gasteiger partial charge on any atom is -0.348 e. The summed E-state index contributed by atoms with van der Waals surface area (Å²) < 4.78 is 0. The number of carbonyl (C=O) groups is 1. The van der Waals surface area contributed by atoms with Crippen molar-refractivity contribution >= 4 is 17.2 Å². The standard InChI is InChI=1S/C23H24N2OS/c1-17(18-8-4-2-5-9-18)24-22(26)16-25-14-12-21-20(13-15-27-21)23(25)19-10-6-3-7-11-19/h2-11,13,15,17,23H,12,14,16H2,1H3,(H,24,26). The lowest BCUT2D eigenvalue weighted by Gasteiger charge is -2.36. The Morgan fingerprint density at radius 3 is 2.56 bits per heavy atom. The Kier molecular flexibility index (Phi) is 5.37. The highest BCUT2D eigenvalue weighted by atomic mass is 32.1. The Hall–Kier alpha value is -2.43. The third-order valence-corrected chi connectivity index (χ3v) is 6.20. The van der Waals surface area contributed by atoms with Crippen LogP contribution in [0.2, 0.25) is 0 Å². The van der Waals surface area contributed by atoms with Gasteiger partial charge in [-0.1, -0.05) is 60.7 Å². The highest BCUT2D eigenvalue weighted by molar-refractivity contribution is 7.10. The lowest BCUT2D eigenvalue weighted by Crippen LogP contribution is -2.43. The molecule has 1 N–H and O–H groups in total. The normalized spacial score (nSPS) is 17.9. The summed E-state index contributed by atoms with van der Waals surface area (Å²) in [4.78, 5) is 16.5. The Morgan fingerprint density at radius 2 is 1.81 bits per heavy atom. The molecule has 1 amide bonds. The molecule has 2 atom stereocenters. The molecule has 2 aromatic carbocycles. The first-order chi connectivity index (χ1) is 13.2. The molecule has 1 aromatic heterocycles. The van der Waals surface area contributed by atoms with Crippen molar-refractivity contribution in [1.29, 1.82) is 0 Å². The molecule has 27 heavy (non-hydrogen) atoms. The average molecular weight is 377 g/mol. The van der Waals surface area contributed by atoms with E-state index in [9.17, 15) is 4.79 Å². The summed E-state index contributed by atoms with van der Waals surface area (Å²) in [7, 11) is 0. The summed E-state index contributed by atoms with van der Waals surface area (Å²) in [5.41, 5.74) is 3.73. The van der Waals surface area contributed by atoms with E-state index in [2.05, 4.69) is 58.1 Å². The molecule has 2 unspecified atom stereocenters. The minimum atomic E-state index is 0.00961. The molecule has 0 fully saturated rings. The summed E-state index contributed by atoms with van der Waals surface area (Å²) in [5, 5.41) is 5.32. The highest BCUT2D eigenvalue weighted by Crippen LogP contribution is 2.37. The van der Waals surface area contributed by atoms with Crippen molar-refractivity contribution in [2.24, 2.45) is 0 Å². The van der Waals surface area contributed by atoms with Crippen molar-refractivity contribution < 1.29 is 4.79 Å². The lowest BCUT2D eigenvalue weighted by atomic mass is 9.93. The first-order valence-corrected chi connectivity index (χ1v) is 10.3. The van der Waals surface area contributed by atoms with Crippen LogP contribution in [0.4, 0.5) is 0 Å². The van der Waals surface area contributed by atoms with Gasteiger partial charge in [0, 0.05) is 11.4 Å². The molecule has 0 radical (unpaired) electrons. The van der Waals surface area contributed by atoms with Crippen LogP contribution < -0.4 is 5.32 Å². The average Bonchev–Trinajstić information content (AvgIpc) is 3.18. The predicted octanol–water partition coefficient (Wildman–Crippen LogP) is 4.57. The van der Waals surface area contributed by atoms with E-state index < -0.39 is 0 Å². The van der Waals surface area contributed by atoms with Gasteiger partial charge in [-0.05, 0) is 41.5 Å². The molecule has 138 valence electrons. The van der Waals surface area contributed by atoms with Crippen LogP contribution in [0.25, 0.3) is 0 Å². The number of benzene rings is 2. The fraction of sp³-hybridized carbons (Fsp3) is 0.261. The number of nitrogens with zero attached hydrogens (tertiary/aromatic N) is 1. The van der Waals surface area contributed by atoms with Crippen LogP contribution in [0.15, 0.2) is 72.1 Å². The van der Waals surface area contributed by atoms with E-state index in [1.807, 2.05) is 42.5 Å². The molecule has 0 spiro atoms. The number of amides is 1. The number of thiophene rings is 1. The van der Waals surface area contributed by atoms with Crippen molar-refractivity contribution in [3.05, 3.63) is 93.7 Å². The molecule has 1 aliphatic rings. The van der Waals surface area contributed by atoms with Gasteiger partial charge in [0.2, 0.25) is 5.91 Å². The fourth-order valence-corrected chi connectivity index (χ4v) is 4.76. The zero-order chi connectivity index (χ0) is 18.6. The summed E-state index contributed by atoms with van der Waals surface area (Å²) in [5.74, 6) is 0.0750. The molecule has 0 bridgehead atoms. The third kappa shape index (κ3) is 3.97. The van der Waals surface area contributed by atoms with Crippen molar-refractivity contribution in [1.82, 2.24) is 10.2 Å². The van der Waals surface area contributed by atoms with Crippen LogP contribution in [0.5, 0.6) is 0 Å². The van der Waals surface area contributed by atoms with Crippen LogP contribution >= 0.6 is 11.3 Å². The fourth-order valence-electron chi connectivity index (χ4n) is 3.86. The Bertz CT molecular complexity index is 891. The maximum absolute atomic E-state index is 12.8. The smallest absolute Gasteiger partial charge is 0.234 e. The molecule has 1 aliphatic heterocycles. The molecule has 4 heteroatoms. The number of fused-ring (bicyclic) bond motifs is 1. The Morgan fingerprint density at radius 1 is 1.11 bits per heavy atom. The molecule has 0 saturated heterocycles. The van der Waals surface area contributed by atoms with Gasteiger partial charge < -0.3 is 5.32 Å². The number of nitrogens with one attached hydrogen (secondary N) is 1. The SMILES string of the molecule is CC(NC(=O)CN1CCc2sccc2C1c1ccccc1)c1ccccc1. The summed E-state index contributed by atoms with van der Waals surface area (Å²) in [6.45, 7) is 3.35. The van der Waals surface area contributed by atoms with Gasteiger partial charge in [-0.25, -0.2) is 0 Å². The third-order valence-electron chi connectivity index (χ3n) is 5.20. The number of rotatable bonds is 5. The van der Waals surface area contributed by atoms with Gasteiger partial charge in [0.15, 0.2) is 0 Å². The molecule has 3 nitrogen and oxygen atoms in total. The topological polar surface area (TPSA) is 32.3 Å². The monoisotopic (exact) mass is 376 g/mol. The molecule has 0 saturated carbocycles. The number of carbonyl (C=O) groups excluding carboxylic acids is 1. The highest BCUT2D eigenvalue weighted by Gasteiger charge is 2.30. The summed E-state index contributed by atoms with van der Waals surface area (Å²) in [6.07, 6.45) is 1.01. The van der Waals surface area contributed by atoms with Crippen molar-refractivity contribution in [3.63, 3.8) is 0 Å². The van der Waals surface area contributed by atoms with Gasteiger partial charge in [0.25, 0.3) is 0 Å². The lowest BCUT2D eigenvalue weighted by molar-refractivity contribution is -0.123. The number of hydrogen-bond donors (Lipinski definition) is 1. The van der Waals surface area contributed by atoms with Crippen LogP contribution in [0.3, 0.4) is 0 Å². The van der Waals surface area contributed by atoms with Crippen LogP contribution in [-0.2, 0) is 11.2 Å². The van der Waals surface area contributed by atoms with Gasteiger partial charge in [-0.3, -0.25) is 9.69 Å². The zero-order valence-electron chi connectivity index (χ0n) is 15.5. The van der Waals surface area contributed by atoms with Gasteiger partial charge in [-0.2, -0.15) is 0 Å². The summed E-state index contributed by atoms with van der Waals surface area (Å²) >= 11 is 1.83. The second kappa shape index (κ2) is 8.07. The van der Waals surface area contributed by atoms with E-state index in [-0.39, 0.29) is 18.0 Å². The first-order valence-electron chi connectivity index (χ1n) is 9.42.